The second-order valence-electron chi connectivity index (χ2n) is 8.59. The minimum absolute atomic E-state index is 0.0245. The molecule has 1 aromatic heterocycles. The fourth-order valence-electron chi connectivity index (χ4n) is 4.72. The maximum atomic E-state index is 13.9. The number of hydrogen-bond donors (Lipinski definition) is 1. The van der Waals surface area contributed by atoms with Gasteiger partial charge in [0.15, 0.2) is 20.8 Å². The molecule has 33 heavy (non-hydrogen) atoms. The number of primary amides is 1. The first-order chi connectivity index (χ1) is 15.4. The summed E-state index contributed by atoms with van der Waals surface area (Å²) in [5.74, 6) is -0.971. The van der Waals surface area contributed by atoms with Crippen LogP contribution in [0.3, 0.4) is 0 Å². The number of halogens is 3. The van der Waals surface area contributed by atoms with Gasteiger partial charge in [-0.15, -0.1) is 0 Å². The zero-order valence-electron chi connectivity index (χ0n) is 17.9. The number of rotatable bonds is 6. The zero-order valence-corrected chi connectivity index (χ0v) is 18.7. The average molecular weight is 481 g/mol. The van der Waals surface area contributed by atoms with Crippen molar-refractivity contribution in [3.8, 4) is 0 Å². The van der Waals surface area contributed by atoms with Gasteiger partial charge < -0.3 is 10.2 Å². The Morgan fingerprint density at radius 1 is 1.15 bits per heavy atom. The van der Waals surface area contributed by atoms with Crippen LogP contribution in [0.25, 0.3) is 11.1 Å². The van der Waals surface area contributed by atoms with Gasteiger partial charge in [-0.2, -0.15) is 13.2 Å². The second kappa shape index (κ2) is 8.16. The van der Waals surface area contributed by atoms with Gasteiger partial charge in [-0.3, -0.25) is 4.79 Å². The highest BCUT2D eigenvalue weighted by molar-refractivity contribution is 7.90. The predicted molar refractivity (Wildman–Crippen MR) is 115 cm³/mol. The molecular weight excluding hydrogens is 457 g/mol. The van der Waals surface area contributed by atoms with E-state index in [0.29, 0.717) is 23.4 Å². The highest BCUT2D eigenvalue weighted by Gasteiger charge is 2.49. The lowest BCUT2D eigenvalue weighted by Crippen LogP contribution is -2.44. The summed E-state index contributed by atoms with van der Waals surface area (Å²) >= 11 is 0. The Labute approximate surface area is 188 Å². The Balaban J connectivity index is 2.01. The first kappa shape index (κ1) is 23.3. The van der Waals surface area contributed by atoms with Crippen molar-refractivity contribution >= 4 is 26.8 Å². The molecule has 176 valence electrons. The summed E-state index contributed by atoms with van der Waals surface area (Å²) in [5.41, 5.74) is 3.46. The summed E-state index contributed by atoms with van der Waals surface area (Å²) in [7, 11) is -4.18. The van der Waals surface area contributed by atoms with E-state index in [9.17, 15) is 26.4 Å². The van der Waals surface area contributed by atoms with Crippen molar-refractivity contribution in [2.24, 2.45) is 11.7 Å². The number of aromatic nitrogens is 1. The molecule has 0 radical (unpaired) electrons. The van der Waals surface area contributed by atoms with Gasteiger partial charge in [-0.05, 0) is 42.2 Å². The number of nitrogens with two attached hydrogens (primary N) is 1. The smallest absolute Gasteiger partial charge is 0.417 e. The van der Waals surface area contributed by atoms with Gasteiger partial charge in [0.05, 0.1) is 10.5 Å². The van der Waals surface area contributed by atoms with Gasteiger partial charge in [-0.1, -0.05) is 43.9 Å². The molecule has 1 atom stereocenters. The van der Waals surface area contributed by atoms with E-state index < -0.39 is 37.8 Å². The number of sulfone groups is 1. The van der Waals surface area contributed by atoms with Crippen molar-refractivity contribution in [2.75, 3.05) is 6.26 Å². The number of para-hydroxylation sites is 2. The number of benzene rings is 2. The van der Waals surface area contributed by atoms with Gasteiger partial charge in [0.1, 0.15) is 5.52 Å². The third kappa shape index (κ3) is 4.23. The maximum Gasteiger partial charge on any atom is 0.417 e. The minimum atomic E-state index is -4.97. The molecule has 1 heterocycles. The van der Waals surface area contributed by atoms with Crippen LogP contribution in [0.4, 0.5) is 13.2 Å². The Kier molecular flexibility index (Phi) is 5.76. The largest absolute Gasteiger partial charge is 0.439 e. The van der Waals surface area contributed by atoms with Gasteiger partial charge in [-0.25, -0.2) is 13.4 Å². The monoisotopic (exact) mass is 480 g/mol. The quantitative estimate of drug-likeness (QED) is 0.555. The van der Waals surface area contributed by atoms with Gasteiger partial charge in [0.25, 0.3) is 0 Å². The molecule has 3 aromatic rings. The molecule has 0 saturated heterocycles. The van der Waals surface area contributed by atoms with Crippen molar-refractivity contribution in [2.45, 2.75) is 48.6 Å². The third-order valence-corrected chi connectivity index (χ3v) is 7.48. The van der Waals surface area contributed by atoms with E-state index in [1.165, 1.54) is 6.07 Å². The van der Waals surface area contributed by atoms with Crippen LogP contribution in [0.15, 0.2) is 51.8 Å². The maximum absolute atomic E-state index is 13.9. The molecule has 2 aromatic carbocycles. The molecule has 10 heteroatoms. The van der Waals surface area contributed by atoms with Crippen LogP contribution in [0.1, 0.15) is 49.1 Å². The molecule has 4 rings (SSSR count). The van der Waals surface area contributed by atoms with Crippen LogP contribution in [0.2, 0.25) is 0 Å². The Morgan fingerprint density at radius 3 is 2.39 bits per heavy atom. The Bertz CT molecular complexity index is 1280. The number of carbonyl (C=O) groups excluding carboxylic acids is 1. The van der Waals surface area contributed by atoms with Crippen LogP contribution < -0.4 is 5.73 Å². The first-order valence-electron chi connectivity index (χ1n) is 10.5. The van der Waals surface area contributed by atoms with Crippen LogP contribution in [0.5, 0.6) is 0 Å². The fourth-order valence-corrected chi connectivity index (χ4v) is 5.61. The van der Waals surface area contributed by atoms with Crippen molar-refractivity contribution < 1.29 is 30.8 Å². The summed E-state index contributed by atoms with van der Waals surface area (Å²) in [6, 6.07) is 9.52. The molecule has 1 saturated carbocycles. The molecule has 6 nitrogen and oxygen atoms in total. The van der Waals surface area contributed by atoms with Gasteiger partial charge in [0, 0.05) is 6.26 Å². The highest BCUT2D eigenvalue weighted by Crippen LogP contribution is 2.45. The summed E-state index contributed by atoms with van der Waals surface area (Å²) in [6.45, 7) is 0. The van der Waals surface area contributed by atoms with Crippen LogP contribution >= 0.6 is 0 Å². The van der Waals surface area contributed by atoms with E-state index in [0.717, 1.165) is 31.7 Å². The van der Waals surface area contributed by atoms with Crippen LogP contribution in [-0.4, -0.2) is 25.6 Å². The lowest BCUT2D eigenvalue weighted by atomic mass is 9.72. The summed E-state index contributed by atoms with van der Waals surface area (Å²) in [5, 5.41) is 0. The fraction of sp³-hybridized carbons (Fsp3) is 0.391. The van der Waals surface area contributed by atoms with Gasteiger partial charge in [0.2, 0.25) is 11.8 Å². The first-order valence-corrected chi connectivity index (χ1v) is 12.4. The van der Waals surface area contributed by atoms with Crippen LogP contribution in [0, 0.1) is 5.92 Å². The number of oxazole rings is 1. The lowest BCUT2D eigenvalue weighted by Gasteiger charge is -2.31. The molecule has 1 fully saturated rings. The lowest BCUT2D eigenvalue weighted by molar-refractivity contribution is -0.140. The number of fused-ring (bicyclic) bond motifs is 1. The average Bonchev–Trinajstić information content (AvgIpc) is 3.39. The summed E-state index contributed by atoms with van der Waals surface area (Å²) in [6.07, 6.45) is -0.678. The number of carbonyl (C=O) groups is 1. The summed E-state index contributed by atoms with van der Waals surface area (Å²) < 4.78 is 71.7. The molecule has 0 aliphatic heterocycles. The Hall–Kier alpha value is -2.88. The molecule has 1 unspecified atom stereocenters. The molecule has 1 amide bonds. The number of amides is 1. The SMILES string of the molecule is CS(=O)(=O)c1ccc(C(CC2CCCC2)(C(N)=O)c2nc3ccccc3o2)cc1C(F)(F)F. The molecule has 2 N–H and O–H groups in total. The number of nitrogens with zero attached hydrogens (tertiary/aromatic N) is 1. The van der Waals surface area contributed by atoms with Gasteiger partial charge >= 0.3 is 6.18 Å². The third-order valence-electron chi connectivity index (χ3n) is 6.33. The molecule has 1 aliphatic carbocycles. The highest BCUT2D eigenvalue weighted by atomic mass is 32.2. The molecular formula is C23H23F3N2O4S. The second-order valence-corrected chi connectivity index (χ2v) is 10.6. The Morgan fingerprint density at radius 2 is 1.82 bits per heavy atom. The van der Waals surface area contributed by atoms with E-state index >= 15 is 0 Å². The van der Waals surface area contributed by atoms with Crippen LogP contribution in [-0.2, 0) is 26.2 Å². The van der Waals surface area contributed by atoms with E-state index in [1.54, 1.807) is 24.3 Å². The van der Waals surface area contributed by atoms with Crippen molar-refractivity contribution in [3.63, 3.8) is 0 Å². The topological polar surface area (TPSA) is 103 Å². The van der Waals surface area contributed by atoms with E-state index in [1.807, 2.05) is 0 Å². The molecule has 0 bridgehead atoms. The van der Waals surface area contributed by atoms with Crippen molar-refractivity contribution in [3.05, 3.63) is 59.5 Å². The van der Waals surface area contributed by atoms with E-state index in [4.69, 9.17) is 10.2 Å². The zero-order chi connectivity index (χ0) is 24.0. The number of alkyl halides is 3. The molecule has 0 spiro atoms. The standard InChI is InChI=1S/C23H23F3N2O4S/c1-33(30,31)19-11-10-15(12-16(19)23(24,25)26)22(20(27)29,13-14-6-2-3-7-14)21-28-17-8-4-5-9-18(17)32-21/h4-5,8-12,14H,2-3,6-7,13H2,1H3,(H2,27,29). The summed E-state index contributed by atoms with van der Waals surface area (Å²) in [4.78, 5) is 16.6. The van der Waals surface area contributed by atoms with Crippen molar-refractivity contribution in [1.29, 1.82) is 0 Å². The normalized spacial score (nSPS) is 17.3. The van der Waals surface area contributed by atoms with E-state index in [2.05, 4.69) is 4.98 Å². The van der Waals surface area contributed by atoms with E-state index in [-0.39, 0.29) is 23.8 Å². The number of hydrogen-bond acceptors (Lipinski definition) is 5. The predicted octanol–water partition coefficient (Wildman–Crippen LogP) is 4.60. The van der Waals surface area contributed by atoms with Crippen molar-refractivity contribution in [1.82, 2.24) is 4.98 Å². The molecule has 1 aliphatic rings. The minimum Gasteiger partial charge on any atom is -0.439 e.